The fraction of sp³-hybridized carbons (Fsp3) is 0.300. The number of aliphatic hydroxyl groups is 1. The number of rotatable bonds is 3. The lowest BCUT2D eigenvalue weighted by Gasteiger charge is -2.15. The van der Waals surface area contributed by atoms with E-state index in [1.807, 2.05) is 6.07 Å². The summed E-state index contributed by atoms with van der Waals surface area (Å²) < 4.78 is 36.5. The van der Waals surface area contributed by atoms with Gasteiger partial charge in [-0.25, -0.2) is 0 Å². The van der Waals surface area contributed by atoms with Crippen LogP contribution in [0.4, 0.5) is 18.9 Å². The number of hydrogen-bond donors (Lipinski definition) is 2. The maximum atomic E-state index is 12.0. The van der Waals surface area contributed by atoms with Crippen LogP contribution in [0.15, 0.2) is 22.7 Å². The Bertz CT molecular complexity index is 442. The molecule has 0 aliphatic heterocycles. The number of nitriles is 1. The Labute approximate surface area is 104 Å². The van der Waals surface area contributed by atoms with Gasteiger partial charge in [-0.3, -0.25) is 0 Å². The van der Waals surface area contributed by atoms with Gasteiger partial charge in [0.05, 0.1) is 5.56 Å². The van der Waals surface area contributed by atoms with Crippen LogP contribution in [0, 0.1) is 11.3 Å². The van der Waals surface area contributed by atoms with Gasteiger partial charge in [0.15, 0.2) is 6.10 Å². The minimum Gasteiger partial charge on any atom is -0.382 e. The lowest BCUT2D eigenvalue weighted by molar-refractivity contribution is -0.198. The molecule has 92 valence electrons. The highest BCUT2D eigenvalue weighted by Gasteiger charge is 2.37. The van der Waals surface area contributed by atoms with E-state index in [2.05, 4.69) is 21.2 Å². The topological polar surface area (TPSA) is 56.0 Å². The van der Waals surface area contributed by atoms with Gasteiger partial charge in [0.2, 0.25) is 0 Å². The molecule has 0 radical (unpaired) electrons. The number of nitrogens with zero attached hydrogens (tertiary/aromatic N) is 1. The molecule has 0 bridgehead atoms. The maximum absolute atomic E-state index is 12.0. The minimum atomic E-state index is -4.64. The summed E-state index contributed by atoms with van der Waals surface area (Å²) in [6.45, 7) is -0.637. The molecule has 0 spiro atoms. The Kier molecular flexibility index (Phi) is 4.37. The third kappa shape index (κ3) is 3.91. The molecule has 2 N–H and O–H groups in total. The van der Waals surface area contributed by atoms with Crippen LogP contribution in [0.1, 0.15) is 5.56 Å². The molecule has 0 aliphatic rings. The molecule has 1 atom stereocenters. The van der Waals surface area contributed by atoms with E-state index in [9.17, 15) is 13.2 Å². The standard InChI is InChI=1S/C10H8BrF3N2O/c11-8-3-7(2-1-6(8)4-15)16-5-9(17)10(12,13)14/h1-3,9,16-17H,5H2. The summed E-state index contributed by atoms with van der Waals surface area (Å²) in [4.78, 5) is 0. The van der Waals surface area contributed by atoms with E-state index in [0.29, 0.717) is 15.7 Å². The molecule has 0 aromatic heterocycles. The highest BCUT2D eigenvalue weighted by molar-refractivity contribution is 9.10. The smallest absolute Gasteiger partial charge is 0.382 e. The predicted molar refractivity (Wildman–Crippen MR) is 59.4 cm³/mol. The number of alkyl halides is 3. The Balaban J connectivity index is 2.66. The average molecular weight is 309 g/mol. The molecule has 0 amide bonds. The Morgan fingerprint density at radius 2 is 2.12 bits per heavy atom. The SMILES string of the molecule is N#Cc1ccc(NCC(O)C(F)(F)F)cc1Br. The number of anilines is 1. The second-order valence-corrected chi connectivity index (χ2v) is 4.10. The summed E-state index contributed by atoms with van der Waals surface area (Å²) in [6, 6.07) is 6.31. The number of benzene rings is 1. The summed E-state index contributed by atoms with van der Waals surface area (Å²) in [5.74, 6) is 0. The van der Waals surface area contributed by atoms with E-state index >= 15 is 0 Å². The first-order valence-corrected chi connectivity index (χ1v) is 5.32. The molecular weight excluding hydrogens is 301 g/mol. The number of aliphatic hydroxyl groups excluding tert-OH is 1. The van der Waals surface area contributed by atoms with E-state index in [-0.39, 0.29) is 0 Å². The normalized spacial score (nSPS) is 12.9. The van der Waals surface area contributed by atoms with Gasteiger partial charge in [0.25, 0.3) is 0 Å². The molecule has 0 aliphatic carbocycles. The molecule has 0 saturated heterocycles. The lowest BCUT2D eigenvalue weighted by atomic mass is 10.2. The van der Waals surface area contributed by atoms with Gasteiger partial charge in [0, 0.05) is 16.7 Å². The largest absolute Gasteiger partial charge is 0.416 e. The van der Waals surface area contributed by atoms with Crippen molar-refractivity contribution in [2.45, 2.75) is 12.3 Å². The Hall–Kier alpha value is -1.26. The molecular formula is C10H8BrF3N2O. The summed E-state index contributed by atoms with van der Waals surface area (Å²) in [5, 5.41) is 19.8. The summed E-state index contributed by atoms with van der Waals surface area (Å²) in [6.07, 6.45) is -7.06. The van der Waals surface area contributed by atoms with E-state index < -0.39 is 18.8 Å². The molecule has 17 heavy (non-hydrogen) atoms. The Morgan fingerprint density at radius 1 is 1.47 bits per heavy atom. The van der Waals surface area contributed by atoms with Gasteiger partial charge in [-0.2, -0.15) is 18.4 Å². The van der Waals surface area contributed by atoms with Gasteiger partial charge in [-0.15, -0.1) is 0 Å². The van der Waals surface area contributed by atoms with E-state index in [4.69, 9.17) is 10.4 Å². The molecule has 1 aromatic rings. The summed E-state index contributed by atoms with van der Waals surface area (Å²) in [5.41, 5.74) is 0.770. The highest BCUT2D eigenvalue weighted by Crippen LogP contribution is 2.23. The van der Waals surface area contributed by atoms with Gasteiger partial charge in [-0.1, -0.05) is 0 Å². The van der Waals surface area contributed by atoms with Crippen molar-refractivity contribution in [3.8, 4) is 6.07 Å². The van der Waals surface area contributed by atoms with Crippen LogP contribution in [0.2, 0.25) is 0 Å². The van der Waals surface area contributed by atoms with Crippen molar-refractivity contribution in [1.29, 1.82) is 5.26 Å². The van der Waals surface area contributed by atoms with Crippen LogP contribution < -0.4 is 5.32 Å². The van der Waals surface area contributed by atoms with Crippen molar-refractivity contribution >= 4 is 21.6 Å². The van der Waals surface area contributed by atoms with Gasteiger partial charge in [0.1, 0.15) is 6.07 Å². The number of halogens is 4. The first-order valence-electron chi connectivity index (χ1n) is 4.53. The van der Waals surface area contributed by atoms with Crippen LogP contribution in [0.5, 0.6) is 0 Å². The predicted octanol–water partition coefficient (Wildman–Crippen LogP) is 2.66. The van der Waals surface area contributed by atoms with Crippen LogP contribution >= 0.6 is 15.9 Å². The van der Waals surface area contributed by atoms with Crippen molar-refractivity contribution in [2.24, 2.45) is 0 Å². The molecule has 0 saturated carbocycles. The van der Waals surface area contributed by atoms with E-state index in [0.717, 1.165) is 0 Å². The van der Waals surface area contributed by atoms with E-state index in [1.165, 1.54) is 18.2 Å². The molecule has 1 rings (SSSR count). The van der Waals surface area contributed by atoms with Crippen molar-refractivity contribution in [2.75, 3.05) is 11.9 Å². The van der Waals surface area contributed by atoms with Crippen molar-refractivity contribution in [3.63, 3.8) is 0 Å². The second kappa shape index (κ2) is 5.38. The van der Waals surface area contributed by atoms with Crippen LogP contribution in [0.3, 0.4) is 0 Å². The fourth-order valence-corrected chi connectivity index (χ4v) is 1.51. The minimum absolute atomic E-state index is 0.381. The number of nitrogens with one attached hydrogen (secondary N) is 1. The zero-order valence-corrected chi connectivity index (χ0v) is 10.0. The highest BCUT2D eigenvalue weighted by atomic mass is 79.9. The molecule has 1 aromatic carbocycles. The van der Waals surface area contributed by atoms with Crippen molar-refractivity contribution in [1.82, 2.24) is 0 Å². The first kappa shape index (κ1) is 13.8. The summed E-state index contributed by atoms with van der Waals surface area (Å²) >= 11 is 3.11. The molecule has 1 unspecified atom stereocenters. The monoisotopic (exact) mass is 308 g/mol. The quantitative estimate of drug-likeness (QED) is 0.902. The van der Waals surface area contributed by atoms with Gasteiger partial charge >= 0.3 is 6.18 Å². The van der Waals surface area contributed by atoms with Crippen molar-refractivity contribution < 1.29 is 18.3 Å². The third-order valence-corrected chi connectivity index (χ3v) is 2.62. The average Bonchev–Trinajstić information content (AvgIpc) is 2.24. The van der Waals surface area contributed by atoms with Gasteiger partial charge in [-0.05, 0) is 34.1 Å². The lowest BCUT2D eigenvalue weighted by Crippen LogP contribution is -2.34. The summed E-state index contributed by atoms with van der Waals surface area (Å²) in [7, 11) is 0. The van der Waals surface area contributed by atoms with Crippen LogP contribution in [-0.2, 0) is 0 Å². The molecule has 7 heteroatoms. The van der Waals surface area contributed by atoms with E-state index in [1.54, 1.807) is 0 Å². The van der Waals surface area contributed by atoms with Crippen LogP contribution in [-0.4, -0.2) is 23.9 Å². The molecule has 3 nitrogen and oxygen atoms in total. The first-order chi connectivity index (χ1) is 7.84. The molecule has 0 fully saturated rings. The Morgan fingerprint density at radius 3 is 2.59 bits per heavy atom. The number of hydrogen-bond acceptors (Lipinski definition) is 3. The fourth-order valence-electron chi connectivity index (χ4n) is 1.05. The zero-order valence-electron chi connectivity index (χ0n) is 8.42. The molecule has 0 heterocycles. The third-order valence-electron chi connectivity index (χ3n) is 1.97. The van der Waals surface area contributed by atoms with Gasteiger partial charge < -0.3 is 10.4 Å². The second-order valence-electron chi connectivity index (χ2n) is 3.24. The zero-order chi connectivity index (χ0) is 13.1. The maximum Gasteiger partial charge on any atom is 0.416 e. The van der Waals surface area contributed by atoms with Crippen molar-refractivity contribution in [3.05, 3.63) is 28.2 Å². The van der Waals surface area contributed by atoms with Crippen LogP contribution in [0.25, 0.3) is 0 Å².